The lowest BCUT2D eigenvalue weighted by Crippen LogP contribution is -2.12. The molecule has 0 atom stereocenters. The number of hydrogen-bond acceptors (Lipinski definition) is 6. The molecule has 0 amide bonds. The van der Waals surface area contributed by atoms with Crippen molar-refractivity contribution in [2.45, 2.75) is 32.6 Å². The van der Waals surface area contributed by atoms with Gasteiger partial charge >= 0.3 is 0 Å². The molecular formula is C21H26ClN5O. The number of aromatic nitrogens is 2. The summed E-state index contributed by atoms with van der Waals surface area (Å²) in [5.74, 6) is 2.24. The zero-order valence-electron chi connectivity index (χ0n) is 16.4. The van der Waals surface area contributed by atoms with Crippen molar-refractivity contribution in [2.75, 3.05) is 37.4 Å². The van der Waals surface area contributed by atoms with Gasteiger partial charge in [0, 0.05) is 30.9 Å². The quantitative estimate of drug-likeness (QED) is 0.711. The molecule has 148 valence electrons. The fourth-order valence-electron chi connectivity index (χ4n) is 3.77. The number of hydrogen-bond donors (Lipinski definition) is 3. The summed E-state index contributed by atoms with van der Waals surface area (Å²) in [5.41, 5.74) is 5.17. The van der Waals surface area contributed by atoms with Crippen LogP contribution in [0.2, 0.25) is 5.02 Å². The highest BCUT2D eigenvalue weighted by molar-refractivity contribution is 6.35. The second-order valence-corrected chi connectivity index (χ2v) is 7.56. The van der Waals surface area contributed by atoms with E-state index in [1.54, 1.807) is 0 Å². The molecule has 2 aromatic rings. The summed E-state index contributed by atoms with van der Waals surface area (Å²) in [6, 6.07) is 3.99. The predicted octanol–water partition coefficient (Wildman–Crippen LogP) is 4.32. The number of rotatable bonds is 4. The lowest BCUT2D eigenvalue weighted by Gasteiger charge is -2.25. The van der Waals surface area contributed by atoms with Gasteiger partial charge in [-0.25, -0.2) is 4.98 Å². The molecule has 0 aliphatic carbocycles. The molecule has 0 saturated heterocycles. The average Bonchev–Trinajstić information content (AvgIpc) is 2.97. The van der Waals surface area contributed by atoms with E-state index in [0.717, 1.165) is 73.9 Å². The van der Waals surface area contributed by atoms with Crippen LogP contribution in [-0.2, 0) is 6.42 Å². The summed E-state index contributed by atoms with van der Waals surface area (Å²) in [6.45, 7) is 4.55. The second kappa shape index (κ2) is 8.37. The molecule has 2 aliphatic rings. The van der Waals surface area contributed by atoms with Gasteiger partial charge in [-0.3, -0.25) is 0 Å². The third-order valence-electron chi connectivity index (χ3n) is 5.10. The van der Waals surface area contributed by atoms with Gasteiger partial charge in [-0.2, -0.15) is 4.98 Å². The van der Waals surface area contributed by atoms with Gasteiger partial charge in [0.15, 0.2) is 0 Å². The molecule has 0 unspecified atom stereocenters. The van der Waals surface area contributed by atoms with E-state index < -0.39 is 0 Å². The van der Waals surface area contributed by atoms with E-state index in [4.69, 9.17) is 16.3 Å². The van der Waals surface area contributed by atoms with E-state index in [0.29, 0.717) is 11.0 Å². The minimum atomic E-state index is 0.533. The molecule has 6 nitrogen and oxygen atoms in total. The Morgan fingerprint density at radius 1 is 1.18 bits per heavy atom. The highest BCUT2D eigenvalue weighted by atomic mass is 35.5. The van der Waals surface area contributed by atoms with Crippen molar-refractivity contribution in [1.29, 1.82) is 0 Å². The van der Waals surface area contributed by atoms with E-state index in [1.807, 2.05) is 20.0 Å². The molecular weight excluding hydrogens is 374 g/mol. The molecule has 2 aliphatic heterocycles. The zero-order chi connectivity index (χ0) is 19.5. The summed E-state index contributed by atoms with van der Waals surface area (Å²) in [4.78, 5) is 9.02. The maximum absolute atomic E-state index is 6.92. The molecule has 3 N–H and O–H groups in total. The van der Waals surface area contributed by atoms with E-state index >= 15 is 0 Å². The van der Waals surface area contributed by atoms with Crippen LogP contribution < -0.4 is 20.7 Å². The van der Waals surface area contributed by atoms with Crippen LogP contribution in [0.25, 0.3) is 5.57 Å². The highest BCUT2D eigenvalue weighted by Crippen LogP contribution is 2.44. The van der Waals surface area contributed by atoms with Gasteiger partial charge in [0.05, 0.1) is 17.3 Å². The number of nitrogens with one attached hydrogen (secondary N) is 3. The maximum Gasteiger partial charge on any atom is 0.229 e. The fourth-order valence-corrected chi connectivity index (χ4v) is 4.08. The summed E-state index contributed by atoms with van der Waals surface area (Å²) in [6.07, 6.45) is 6.30. The first kappa shape index (κ1) is 19.0. The standard InChI is InChI=1S/C21H26ClN5O/c1-13-11-17(23-2)27-21(25-13)26-16-12-15-6-4-10-28-20(15)18(19(16)22)14-5-3-8-24-9-7-14/h7,11-12,24H,3-6,8-10H2,1-2H3,(H2,23,25,26,27). The Morgan fingerprint density at radius 2 is 2.07 bits per heavy atom. The number of benzene rings is 1. The Kier molecular flexibility index (Phi) is 5.69. The highest BCUT2D eigenvalue weighted by Gasteiger charge is 2.24. The van der Waals surface area contributed by atoms with E-state index in [-0.39, 0.29) is 0 Å². The van der Waals surface area contributed by atoms with Crippen LogP contribution in [0.5, 0.6) is 5.75 Å². The lowest BCUT2D eigenvalue weighted by molar-refractivity contribution is 0.287. The number of aryl methyl sites for hydroxylation is 2. The largest absolute Gasteiger partial charge is 0.493 e. The van der Waals surface area contributed by atoms with Crippen molar-refractivity contribution >= 4 is 34.6 Å². The summed E-state index contributed by atoms with van der Waals surface area (Å²) in [7, 11) is 1.85. The zero-order valence-corrected chi connectivity index (χ0v) is 17.1. The van der Waals surface area contributed by atoms with E-state index in [2.05, 4.69) is 38.1 Å². The Morgan fingerprint density at radius 3 is 2.93 bits per heavy atom. The molecule has 3 heterocycles. The first-order chi connectivity index (χ1) is 13.7. The van der Waals surface area contributed by atoms with Crippen molar-refractivity contribution in [1.82, 2.24) is 15.3 Å². The van der Waals surface area contributed by atoms with Crippen molar-refractivity contribution in [2.24, 2.45) is 0 Å². The van der Waals surface area contributed by atoms with Crippen LogP contribution in [0.15, 0.2) is 18.2 Å². The summed E-state index contributed by atoms with van der Waals surface area (Å²) in [5, 5.41) is 10.5. The van der Waals surface area contributed by atoms with Gasteiger partial charge in [0.2, 0.25) is 5.95 Å². The molecule has 1 aromatic heterocycles. The number of allylic oxidation sites excluding steroid dienone is 1. The molecule has 7 heteroatoms. The molecule has 28 heavy (non-hydrogen) atoms. The van der Waals surface area contributed by atoms with Gasteiger partial charge in [-0.05, 0) is 56.4 Å². The molecule has 0 spiro atoms. The maximum atomic E-state index is 6.92. The molecule has 1 aromatic carbocycles. The van der Waals surface area contributed by atoms with Gasteiger partial charge < -0.3 is 20.7 Å². The monoisotopic (exact) mass is 399 g/mol. The Bertz CT molecular complexity index is 912. The van der Waals surface area contributed by atoms with Crippen molar-refractivity contribution < 1.29 is 4.74 Å². The molecule has 0 saturated carbocycles. The SMILES string of the molecule is CNc1cc(C)nc(Nc2cc3c(c(C4=CCNCCC4)c2Cl)OCCC3)n1. The van der Waals surface area contributed by atoms with Crippen LogP contribution in [0.3, 0.4) is 0 Å². The Hall–Kier alpha value is -2.31. The van der Waals surface area contributed by atoms with Crippen molar-refractivity contribution in [3.05, 3.63) is 40.1 Å². The lowest BCUT2D eigenvalue weighted by atomic mass is 9.94. The average molecular weight is 400 g/mol. The molecule has 0 radical (unpaired) electrons. The van der Waals surface area contributed by atoms with Crippen LogP contribution in [0.4, 0.5) is 17.5 Å². The fraction of sp³-hybridized carbons (Fsp3) is 0.429. The van der Waals surface area contributed by atoms with Gasteiger partial charge in [0.1, 0.15) is 11.6 Å². The van der Waals surface area contributed by atoms with Gasteiger partial charge in [0.25, 0.3) is 0 Å². The van der Waals surface area contributed by atoms with Crippen LogP contribution in [-0.4, -0.2) is 36.7 Å². The first-order valence-electron chi connectivity index (χ1n) is 9.84. The van der Waals surface area contributed by atoms with Crippen LogP contribution >= 0.6 is 11.6 Å². The van der Waals surface area contributed by atoms with Crippen molar-refractivity contribution in [3.8, 4) is 5.75 Å². The number of nitrogens with zero attached hydrogens (tertiary/aromatic N) is 2. The molecule has 0 fully saturated rings. The Balaban J connectivity index is 1.79. The minimum absolute atomic E-state index is 0.533. The topological polar surface area (TPSA) is 71.1 Å². The molecule has 4 rings (SSSR count). The summed E-state index contributed by atoms with van der Waals surface area (Å²) >= 11 is 6.92. The van der Waals surface area contributed by atoms with Crippen molar-refractivity contribution in [3.63, 3.8) is 0 Å². The Labute approximate surface area is 170 Å². The number of fused-ring (bicyclic) bond motifs is 1. The van der Waals surface area contributed by atoms with Gasteiger partial charge in [-0.1, -0.05) is 17.7 Å². The minimum Gasteiger partial charge on any atom is -0.493 e. The van der Waals surface area contributed by atoms with Crippen LogP contribution in [0.1, 0.15) is 36.1 Å². The third kappa shape index (κ3) is 3.93. The molecule has 0 bridgehead atoms. The third-order valence-corrected chi connectivity index (χ3v) is 5.49. The number of anilines is 3. The first-order valence-corrected chi connectivity index (χ1v) is 10.2. The number of ether oxygens (including phenoxy) is 1. The smallest absolute Gasteiger partial charge is 0.229 e. The summed E-state index contributed by atoms with van der Waals surface area (Å²) < 4.78 is 6.08. The predicted molar refractivity (Wildman–Crippen MR) is 115 cm³/mol. The van der Waals surface area contributed by atoms with Crippen LogP contribution in [0, 0.1) is 6.92 Å². The number of halogens is 1. The van der Waals surface area contributed by atoms with E-state index in [1.165, 1.54) is 11.1 Å². The second-order valence-electron chi connectivity index (χ2n) is 7.18. The van der Waals surface area contributed by atoms with Gasteiger partial charge in [-0.15, -0.1) is 0 Å². The van der Waals surface area contributed by atoms with E-state index in [9.17, 15) is 0 Å². The normalized spacial score (nSPS) is 16.5.